The van der Waals surface area contributed by atoms with Gasteiger partial charge in [-0.1, -0.05) is 0 Å². The van der Waals surface area contributed by atoms with Crippen LogP contribution in [0, 0.1) is 0 Å². The Hall–Kier alpha value is -0.820. The summed E-state index contributed by atoms with van der Waals surface area (Å²) in [6, 6.07) is 2.54. The summed E-state index contributed by atoms with van der Waals surface area (Å²) in [7, 11) is 0. The average Bonchev–Trinajstić information content (AvgIpc) is 2.35. The molecule has 8 heteroatoms. The zero-order valence-corrected chi connectivity index (χ0v) is 12.3. The average molecular weight is 331 g/mol. The van der Waals surface area contributed by atoms with Crippen LogP contribution in [-0.2, 0) is 0 Å². The molecule has 4 nitrogen and oxygen atoms in total. The van der Waals surface area contributed by atoms with E-state index in [1.54, 1.807) is 4.90 Å². The van der Waals surface area contributed by atoms with Crippen LogP contribution >= 0.6 is 24.8 Å². The first-order chi connectivity index (χ1) is 8.59. The molecule has 0 radical (unpaired) electrons. The van der Waals surface area contributed by atoms with E-state index in [9.17, 15) is 19.0 Å². The summed E-state index contributed by atoms with van der Waals surface area (Å²) < 4.78 is 26.5. The van der Waals surface area contributed by atoms with E-state index < -0.39 is 12.5 Å². The van der Waals surface area contributed by atoms with Crippen molar-refractivity contribution in [2.24, 2.45) is 0 Å². The molecule has 0 aliphatic carbocycles. The number of alkyl halides is 2. The second-order valence-electron chi connectivity index (χ2n) is 4.31. The third-order valence-corrected chi connectivity index (χ3v) is 3.11. The lowest BCUT2D eigenvalue weighted by atomic mass is 10.0. The van der Waals surface area contributed by atoms with Crippen molar-refractivity contribution < 1.29 is 19.0 Å². The van der Waals surface area contributed by atoms with Crippen LogP contribution in [0.2, 0.25) is 0 Å². The number of hydrogen-bond acceptors (Lipinski definition) is 4. The van der Waals surface area contributed by atoms with E-state index in [4.69, 9.17) is 0 Å². The lowest BCUT2D eigenvalue weighted by Gasteiger charge is -2.34. The number of nitrogens with zero attached hydrogens (tertiary/aromatic N) is 1. The SMILES string of the molecule is Cl.Cl.Oc1ccc(O)c([C@@H](C(F)F)N2CCNCC2)c1. The molecule has 3 N–H and O–H groups in total. The summed E-state index contributed by atoms with van der Waals surface area (Å²) in [6.45, 7) is 2.26. The molecule has 1 atom stereocenters. The molecule has 0 spiro atoms. The molecule has 0 unspecified atom stereocenters. The highest BCUT2D eigenvalue weighted by atomic mass is 35.5. The van der Waals surface area contributed by atoms with Crippen LogP contribution in [0.5, 0.6) is 11.5 Å². The summed E-state index contributed by atoms with van der Waals surface area (Å²) in [6.07, 6.45) is -2.62. The maximum absolute atomic E-state index is 13.2. The molecule has 1 aliphatic heterocycles. The number of aromatic hydroxyl groups is 2. The van der Waals surface area contributed by atoms with Gasteiger partial charge >= 0.3 is 0 Å². The third-order valence-electron chi connectivity index (χ3n) is 3.11. The molecular formula is C12H18Cl2F2N2O2. The van der Waals surface area contributed by atoms with E-state index in [0.29, 0.717) is 26.2 Å². The Balaban J connectivity index is 0.00000180. The van der Waals surface area contributed by atoms with E-state index >= 15 is 0 Å². The molecule has 0 saturated carbocycles. The van der Waals surface area contributed by atoms with Crippen LogP contribution in [0.15, 0.2) is 18.2 Å². The van der Waals surface area contributed by atoms with Crippen molar-refractivity contribution in [3.05, 3.63) is 23.8 Å². The minimum Gasteiger partial charge on any atom is -0.508 e. The summed E-state index contributed by atoms with van der Waals surface area (Å²) in [5, 5.41) is 22.2. The van der Waals surface area contributed by atoms with Gasteiger partial charge in [0, 0.05) is 31.7 Å². The first-order valence-corrected chi connectivity index (χ1v) is 5.84. The number of nitrogens with one attached hydrogen (secondary N) is 1. The first-order valence-electron chi connectivity index (χ1n) is 5.84. The zero-order valence-electron chi connectivity index (χ0n) is 10.6. The molecule has 1 fully saturated rings. The Kier molecular flexibility index (Phi) is 8.12. The molecule has 2 rings (SSSR count). The maximum atomic E-state index is 13.2. The van der Waals surface area contributed by atoms with Crippen LogP contribution in [-0.4, -0.2) is 47.7 Å². The number of rotatable bonds is 3. The van der Waals surface area contributed by atoms with E-state index in [0.717, 1.165) is 0 Å². The number of halogens is 4. The van der Waals surface area contributed by atoms with Crippen LogP contribution in [0.4, 0.5) is 8.78 Å². The van der Waals surface area contributed by atoms with Gasteiger partial charge in [0.05, 0.1) is 0 Å². The predicted octanol–water partition coefficient (Wildman–Crippen LogP) is 2.15. The lowest BCUT2D eigenvalue weighted by molar-refractivity contribution is 0.0169. The van der Waals surface area contributed by atoms with Crippen molar-refractivity contribution in [2.45, 2.75) is 12.5 Å². The largest absolute Gasteiger partial charge is 0.508 e. The highest BCUT2D eigenvalue weighted by Gasteiger charge is 2.32. The number of piperazine rings is 1. The van der Waals surface area contributed by atoms with Gasteiger partial charge in [-0.2, -0.15) is 0 Å². The molecule has 0 amide bonds. The third kappa shape index (κ3) is 4.34. The monoisotopic (exact) mass is 330 g/mol. The van der Waals surface area contributed by atoms with Crippen LogP contribution in [0.1, 0.15) is 11.6 Å². The molecule has 20 heavy (non-hydrogen) atoms. The Labute approximate surface area is 128 Å². The summed E-state index contributed by atoms with van der Waals surface area (Å²) in [4.78, 5) is 1.62. The highest BCUT2D eigenvalue weighted by molar-refractivity contribution is 5.85. The van der Waals surface area contributed by atoms with Gasteiger partial charge in [0.25, 0.3) is 6.43 Å². The Morgan fingerprint density at radius 3 is 2.25 bits per heavy atom. The molecule has 1 aliphatic rings. The van der Waals surface area contributed by atoms with Gasteiger partial charge in [0.1, 0.15) is 17.5 Å². The Morgan fingerprint density at radius 2 is 1.70 bits per heavy atom. The fourth-order valence-electron chi connectivity index (χ4n) is 2.23. The van der Waals surface area contributed by atoms with Crippen LogP contribution in [0.3, 0.4) is 0 Å². The quantitative estimate of drug-likeness (QED) is 0.743. The van der Waals surface area contributed by atoms with E-state index in [1.807, 2.05) is 0 Å². The summed E-state index contributed by atoms with van der Waals surface area (Å²) >= 11 is 0. The molecule has 1 aromatic carbocycles. The van der Waals surface area contributed by atoms with Crippen molar-refractivity contribution >= 4 is 24.8 Å². The van der Waals surface area contributed by atoms with Gasteiger partial charge in [-0.25, -0.2) is 8.78 Å². The summed E-state index contributed by atoms with van der Waals surface area (Å²) in [5.74, 6) is -0.333. The van der Waals surface area contributed by atoms with Gasteiger partial charge in [-0.15, -0.1) is 24.8 Å². The molecule has 1 heterocycles. The molecule has 0 aromatic heterocycles. The van der Waals surface area contributed by atoms with Gasteiger partial charge in [0.2, 0.25) is 0 Å². The molecular weight excluding hydrogens is 313 g/mol. The molecule has 116 valence electrons. The van der Waals surface area contributed by atoms with Gasteiger partial charge < -0.3 is 15.5 Å². The van der Waals surface area contributed by atoms with Crippen molar-refractivity contribution in [3.8, 4) is 11.5 Å². The predicted molar refractivity (Wildman–Crippen MR) is 77.5 cm³/mol. The van der Waals surface area contributed by atoms with Gasteiger partial charge in [-0.05, 0) is 18.2 Å². The van der Waals surface area contributed by atoms with Gasteiger partial charge in [0.15, 0.2) is 0 Å². The smallest absolute Gasteiger partial charge is 0.258 e. The lowest BCUT2D eigenvalue weighted by Crippen LogP contribution is -2.46. The van der Waals surface area contributed by atoms with Gasteiger partial charge in [-0.3, -0.25) is 4.90 Å². The van der Waals surface area contributed by atoms with Crippen molar-refractivity contribution in [3.63, 3.8) is 0 Å². The number of phenols is 2. The highest BCUT2D eigenvalue weighted by Crippen LogP contribution is 2.35. The number of phenolic OH excluding ortho intramolecular Hbond substituents is 2. The maximum Gasteiger partial charge on any atom is 0.258 e. The molecule has 1 aromatic rings. The standard InChI is InChI=1S/C12H16F2N2O2.2ClH/c13-12(14)11(16-5-3-15-4-6-16)9-7-8(17)1-2-10(9)18;;/h1-2,7,11-12,15,17-18H,3-6H2;2*1H/t11-;;/m0../s1. The van der Waals surface area contributed by atoms with Crippen molar-refractivity contribution in [2.75, 3.05) is 26.2 Å². The van der Waals surface area contributed by atoms with Crippen molar-refractivity contribution in [1.29, 1.82) is 0 Å². The summed E-state index contributed by atoms with van der Waals surface area (Å²) in [5.41, 5.74) is 0.0758. The Bertz CT molecular complexity index is 418. The van der Waals surface area contributed by atoms with Crippen LogP contribution < -0.4 is 5.32 Å². The molecule has 1 saturated heterocycles. The first kappa shape index (κ1) is 19.2. The van der Waals surface area contributed by atoms with E-state index in [1.165, 1.54) is 18.2 Å². The van der Waals surface area contributed by atoms with Crippen molar-refractivity contribution in [1.82, 2.24) is 10.2 Å². The van der Waals surface area contributed by atoms with E-state index in [-0.39, 0.29) is 41.9 Å². The van der Waals surface area contributed by atoms with Crippen LogP contribution in [0.25, 0.3) is 0 Å². The minimum atomic E-state index is -2.62. The topological polar surface area (TPSA) is 55.7 Å². The fraction of sp³-hybridized carbons (Fsp3) is 0.500. The van der Waals surface area contributed by atoms with E-state index in [2.05, 4.69) is 5.32 Å². The Morgan fingerprint density at radius 1 is 1.10 bits per heavy atom. The number of hydrogen-bond donors (Lipinski definition) is 3. The minimum absolute atomic E-state index is 0. The number of benzene rings is 1. The molecule has 0 bridgehead atoms. The second-order valence-corrected chi connectivity index (χ2v) is 4.31. The normalized spacial score (nSPS) is 17.1. The fourth-order valence-corrected chi connectivity index (χ4v) is 2.23. The zero-order chi connectivity index (χ0) is 13.1. The second kappa shape index (κ2) is 8.46.